The van der Waals surface area contributed by atoms with Crippen LogP contribution in [-0.2, 0) is 0 Å². The molecule has 4 rings (SSSR count). The molecule has 26 heavy (non-hydrogen) atoms. The molecule has 1 aromatic carbocycles. The molecule has 0 fully saturated rings. The standard InChI is InChI=1S/C19H20FN5O/c1-11-9-21-12(2)16-10-22-25-7-6-18(24-19(16)25)23-13(3)15-8-14(20)4-5-17(15)26-11/h4-8,10-11,13,21H,2,9H2,1,3H3,(H,23,24)/t11-,13+/m0/s1. The molecular weight excluding hydrogens is 333 g/mol. The smallest absolute Gasteiger partial charge is 0.166 e. The summed E-state index contributed by atoms with van der Waals surface area (Å²) in [7, 11) is 0. The fourth-order valence-electron chi connectivity index (χ4n) is 3.05. The summed E-state index contributed by atoms with van der Waals surface area (Å²) < 4.78 is 21.6. The number of benzene rings is 1. The van der Waals surface area contributed by atoms with E-state index in [0.29, 0.717) is 23.8 Å². The van der Waals surface area contributed by atoms with Crippen molar-refractivity contribution in [3.63, 3.8) is 0 Å². The summed E-state index contributed by atoms with van der Waals surface area (Å²) in [5.74, 6) is 1.02. The minimum Gasteiger partial charge on any atom is -0.489 e. The van der Waals surface area contributed by atoms with E-state index in [1.807, 2.05) is 26.1 Å². The molecule has 0 amide bonds. The summed E-state index contributed by atoms with van der Waals surface area (Å²) in [5, 5.41) is 10.9. The van der Waals surface area contributed by atoms with E-state index in [4.69, 9.17) is 4.74 Å². The molecular formula is C19H20FN5O. The van der Waals surface area contributed by atoms with Crippen LogP contribution in [-0.4, -0.2) is 27.2 Å². The van der Waals surface area contributed by atoms with Gasteiger partial charge in [0, 0.05) is 17.5 Å². The third kappa shape index (κ3) is 2.96. The van der Waals surface area contributed by atoms with Crippen LogP contribution >= 0.6 is 0 Å². The molecule has 2 bridgehead atoms. The quantitative estimate of drug-likeness (QED) is 0.649. The second kappa shape index (κ2) is 6.33. The highest BCUT2D eigenvalue weighted by Gasteiger charge is 2.18. The molecule has 0 aliphatic carbocycles. The van der Waals surface area contributed by atoms with E-state index in [2.05, 4.69) is 27.3 Å². The normalized spacial score (nSPS) is 20.2. The van der Waals surface area contributed by atoms with Gasteiger partial charge in [0.1, 0.15) is 23.5 Å². The summed E-state index contributed by atoms with van der Waals surface area (Å²) in [6.45, 7) is 8.55. The molecule has 1 aliphatic rings. The van der Waals surface area contributed by atoms with Crippen LogP contribution in [0.1, 0.15) is 31.0 Å². The third-order valence-corrected chi connectivity index (χ3v) is 4.43. The Bertz CT molecular complexity index is 983. The Morgan fingerprint density at radius 3 is 3.00 bits per heavy atom. The zero-order chi connectivity index (χ0) is 18.3. The molecule has 0 radical (unpaired) electrons. The van der Waals surface area contributed by atoms with Crippen LogP contribution in [0, 0.1) is 5.82 Å². The van der Waals surface area contributed by atoms with E-state index in [0.717, 1.165) is 16.8 Å². The number of rotatable bonds is 0. The topological polar surface area (TPSA) is 63.5 Å². The van der Waals surface area contributed by atoms with Gasteiger partial charge in [-0.1, -0.05) is 6.58 Å². The number of hydrogen-bond acceptors (Lipinski definition) is 5. The summed E-state index contributed by atoms with van der Waals surface area (Å²) in [6.07, 6.45) is 3.44. The monoisotopic (exact) mass is 353 g/mol. The van der Waals surface area contributed by atoms with Crippen LogP contribution in [0.25, 0.3) is 11.3 Å². The van der Waals surface area contributed by atoms with Crippen molar-refractivity contribution in [3.8, 4) is 5.75 Å². The van der Waals surface area contributed by atoms with Gasteiger partial charge in [-0.25, -0.2) is 13.9 Å². The molecule has 3 heterocycles. The molecule has 2 atom stereocenters. The average Bonchev–Trinajstić information content (AvgIpc) is 3.03. The van der Waals surface area contributed by atoms with Gasteiger partial charge in [-0.3, -0.25) is 0 Å². The molecule has 1 aliphatic heterocycles. The van der Waals surface area contributed by atoms with E-state index in [1.54, 1.807) is 16.8 Å². The van der Waals surface area contributed by atoms with Gasteiger partial charge in [0.25, 0.3) is 0 Å². The van der Waals surface area contributed by atoms with Crippen LogP contribution in [0.15, 0.2) is 43.2 Å². The Hall–Kier alpha value is -3.09. The molecule has 134 valence electrons. The first-order valence-electron chi connectivity index (χ1n) is 8.51. The lowest BCUT2D eigenvalue weighted by Crippen LogP contribution is -2.28. The molecule has 6 nitrogen and oxygen atoms in total. The van der Waals surface area contributed by atoms with E-state index in [-0.39, 0.29) is 18.0 Å². The van der Waals surface area contributed by atoms with Crippen molar-refractivity contribution < 1.29 is 9.13 Å². The van der Waals surface area contributed by atoms with E-state index in [1.165, 1.54) is 12.1 Å². The zero-order valence-corrected chi connectivity index (χ0v) is 14.7. The minimum atomic E-state index is -0.300. The van der Waals surface area contributed by atoms with Crippen molar-refractivity contribution in [1.29, 1.82) is 0 Å². The number of fused-ring (bicyclic) bond motifs is 2. The number of aromatic nitrogens is 3. The second-order valence-electron chi connectivity index (χ2n) is 6.48. The molecule has 0 saturated carbocycles. The first-order valence-corrected chi connectivity index (χ1v) is 8.51. The Labute approximate surface area is 150 Å². The predicted octanol–water partition coefficient (Wildman–Crippen LogP) is 3.38. The summed E-state index contributed by atoms with van der Waals surface area (Å²) in [4.78, 5) is 4.65. The van der Waals surface area contributed by atoms with Gasteiger partial charge < -0.3 is 15.4 Å². The summed E-state index contributed by atoms with van der Waals surface area (Å²) in [6, 6.07) is 6.21. The maximum absolute atomic E-state index is 13.8. The van der Waals surface area contributed by atoms with Crippen molar-refractivity contribution in [2.45, 2.75) is 26.0 Å². The number of nitrogens with one attached hydrogen (secondary N) is 2. The zero-order valence-electron chi connectivity index (χ0n) is 14.7. The number of hydrogen-bond donors (Lipinski definition) is 2. The lowest BCUT2D eigenvalue weighted by Gasteiger charge is -2.22. The highest BCUT2D eigenvalue weighted by Crippen LogP contribution is 2.30. The molecule has 2 N–H and O–H groups in total. The lowest BCUT2D eigenvalue weighted by atomic mass is 10.1. The molecule has 0 saturated heterocycles. The minimum absolute atomic E-state index is 0.133. The highest BCUT2D eigenvalue weighted by atomic mass is 19.1. The van der Waals surface area contributed by atoms with Crippen molar-refractivity contribution in [2.75, 3.05) is 11.9 Å². The maximum atomic E-state index is 13.8. The predicted molar refractivity (Wildman–Crippen MR) is 98.6 cm³/mol. The van der Waals surface area contributed by atoms with Crippen LogP contribution in [0.4, 0.5) is 10.2 Å². The van der Waals surface area contributed by atoms with Crippen LogP contribution < -0.4 is 15.4 Å². The van der Waals surface area contributed by atoms with Gasteiger partial charge in [0.05, 0.1) is 24.3 Å². The van der Waals surface area contributed by atoms with Crippen molar-refractivity contribution in [3.05, 3.63) is 60.2 Å². The Balaban J connectivity index is 1.82. The van der Waals surface area contributed by atoms with Crippen molar-refractivity contribution in [1.82, 2.24) is 19.9 Å². The Morgan fingerprint density at radius 2 is 2.15 bits per heavy atom. The van der Waals surface area contributed by atoms with Crippen molar-refractivity contribution >= 4 is 17.2 Å². The van der Waals surface area contributed by atoms with Gasteiger partial charge in [-0.05, 0) is 38.1 Å². The maximum Gasteiger partial charge on any atom is 0.166 e. The van der Waals surface area contributed by atoms with Gasteiger partial charge in [-0.15, -0.1) is 0 Å². The first kappa shape index (κ1) is 16.4. The Kier molecular flexibility index (Phi) is 3.99. The highest BCUT2D eigenvalue weighted by molar-refractivity contribution is 5.73. The van der Waals surface area contributed by atoms with Gasteiger partial charge in [0.2, 0.25) is 0 Å². The van der Waals surface area contributed by atoms with E-state index in [9.17, 15) is 4.39 Å². The number of anilines is 1. The van der Waals surface area contributed by atoms with Gasteiger partial charge in [-0.2, -0.15) is 5.10 Å². The average molecular weight is 353 g/mol. The fraction of sp³-hybridized carbons (Fsp3) is 0.263. The van der Waals surface area contributed by atoms with Gasteiger partial charge >= 0.3 is 0 Å². The van der Waals surface area contributed by atoms with Crippen LogP contribution in [0.5, 0.6) is 5.75 Å². The molecule has 0 unspecified atom stereocenters. The molecule has 7 heteroatoms. The molecule has 2 aromatic heterocycles. The summed E-state index contributed by atoms with van der Waals surface area (Å²) in [5.41, 5.74) is 3.00. The third-order valence-electron chi connectivity index (χ3n) is 4.43. The largest absolute Gasteiger partial charge is 0.489 e. The summed E-state index contributed by atoms with van der Waals surface area (Å²) >= 11 is 0. The SMILES string of the molecule is C=C1NC[C@H](C)Oc2ccc(F)cc2[C@@H](C)Nc2ccn3ncc1c3n2. The van der Waals surface area contributed by atoms with Crippen LogP contribution in [0.2, 0.25) is 0 Å². The second-order valence-corrected chi connectivity index (χ2v) is 6.48. The van der Waals surface area contributed by atoms with Gasteiger partial charge in [0.15, 0.2) is 5.65 Å². The molecule has 0 spiro atoms. The number of halogens is 1. The molecule has 3 aromatic rings. The number of nitrogens with zero attached hydrogens (tertiary/aromatic N) is 3. The number of ether oxygens (including phenoxy) is 1. The first-order chi connectivity index (χ1) is 12.5. The Morgan fingerprint density at radius 1 is 1.31 bits per heavy atom. The fourth-order valence-corrected chi connectivity index (χ4v) is 3.05. The van der Waals surface area contributed by atoms with Crippen molar-refractivity contribution in [2.24, 2.45) is 0 Å². The van der Waals surface area contributed by atoms with E-state index < -0.39 is 0 Å². The lowest BCUT2D eigenvalue weighted by molar-refractivity contribution is 0.220. The van der Waals surface area contributed by atoms with Crippen LogP contribution in [0.3, 0.4) is 0 Å². The van der Waals surface area contributed by atoms with E-state index >= 15 is 0 Å².